The standard InChI is InChI=1S/C20H19N3O5/c1-20(2,23-18(24)8-6-14(22-23)15-4-3-9-26-15)19(25)21-11-13-5-7-16-17(10-13)28-12-27-16/h3-10H,11-12H2,1-2H3,(H,21,25). The molecule has 0 unspecified atom stereocenters. The molecule has 3 aromatic rings. The van der Waals surface area contributed by atoms with E-state index in [1.165, 1.54) is 17.0 Å². The second kappa shape index (κ2) is 6.88. The first-order valence-electron chi connectivity index (χ1n) is 8.77. The maximum absolute atomic E-state index is 12.8. The van der Waals surface area contributed by atoms with Gasteiger partial charge in [-0.2, -0.15) is 5.10 Å². The third kappa shape index (κ3) is 3.24. The van der Waals surface area contributed by atoms with Crippen molar-refractivity contribution in [3.05, 3.63) is 64.6 Å². The first kappa shape index (κ1) is 17.8. The number of carbonyl (C=O) groups is 1. The van der Waals surface area contributed by atoms with E-state index in [4.69, 9.17) is 13.9 Å². The Bertz CT molecular complexity index is 1070. The van der Waals surface area contributed by atoms with E-state index in [1.54, 1.807) is 38.1 Å². The quantitative estimate of drug-likeness (QED) is 0.729. The van der Waals surface area contributed by atoms with E-state index in [9.17, 15) is 9.59 Å². The summed E-state index contributed by atoms with van der Waals surface area (Å²) >= 11 is 0. The predicted octanol–water partition coefficient (Wildman–Crippen LogP) is 2.28. The SMILES string of the molecule is CC(C)(C(=O)NCc1ccc2c(c1)OCO2)n1nc(-c2ccco2)ccc1=O. The van der Waals surface area contributed by atoms with E-state index in [1.807, 2.05) is 12.1 Å². The van der Waals surface area contributed by atoms with Crippen molar-refractivity contribution in [2.45, 2.75) is 25.9 Å². The fourth-order valence-corrected chi connectivity index (χ4v) is 2.91. The second-order valence-corrected chi connectivity index (χ2v) is 6.88. The molecule has 0 spiro atoms. The van der Waals surface area contributed by atoms with Crippen LogP contribution in [0, 0.1) is 0 Å². The van der Waals surface area contributed by atoms with Crippen molar-refractivity contribution in [1.29, 1.82) is 0 Å². The maximum atomic E-state index is 12.8. The summed E-state index contributed by atoms with van der Waals surface area (Å²) in [6.07, 6.45) is 1.52. The van der Waals surface area contributed by atoms with E-state index in [2.05, 4.69) is 10.4 Å². The molecule has 1 aromatic carbocycles. The first-order valence-corrected chi connectivity index (χ1v) is 8.77. The van der Waals surface area contributed by atoms with Gasteiger partial charge < -0.3 is 19.2 Å². The number of aromatic nitrogens is 2. The summed E-state index contributed by atoms with van der Waals surface area (Å²) in [6, 6.07) is 11.9. The Kier molecular flexibility index (Phi) is 4.38. The molecule has 8 heteroatoms. The molecule has 0 bridgehead atoms. The zero-order valence-electron chi connectivity index (χ0n) is 15.5. The van der Waals surface area contributed by atoms with E-state index in [0.717, 1.165) is 5.56 Å². The molecule has 4 rings (SSSR count). The molecule has 0 radical (unpaired) electrons. The Hall–Kier alpha value is -3.55. The third-order valence-corrected chi connectivity index (χ3v) is 4.55. The molecule has 0 saturated carbocycles. The number of furan rings is 1. The lowest BCUT2D eigenvalue weighted by molar-refractivity contribution is -0.129. The molecule has 28 heavy (non-hydrogen) atoms. The van der Waals surface area contributed by atoms with E-state index >= 15 is 0 Å². The Morgan fingerprint density at radius 2 is 2.00 bits per heavy atom. The van der Waals surface area contributed by atoms with Crippen molar-refractivity contribution < 1.29 is 18.7 Å². The number of amides is 1. The van der Waals surface area contributed by atoms with Gasteiger partial charge in [0.25, 0.3) is 5.56 Å². The first-order chi connectivity index (χ1) is 13.4. The van der Waals surface area contributed by atoms with Gasteiger partial charge in [-0.25, -0.2) is 4.68 Å². The number of fused-ring (bicyclic) bond motifs is 1. The van der Waals surface area contributed by atoms with Crippen LogP contribution in [0.1, 0.15) is 19.4 Å². The normalized spacial score (nSPS) is 12.8. The van der Waals surface area contributed by atoms with Gasteiger partial charge in [-0.05, 0) is 49.7 Å². The number of rotatable bonds is 5. The number of benzene rings is 1. The van der Waals surface area contributed by atoms with Crippen LogP contribution in [0.3, 0.4) is 0 Å². The van der Waals surface area contributed by atoms with Gasteiger partial charge in [0.1, 0.15) is 11.2 Å². The highest BCUT2D eigenvalue weighted by Crippen LogP contribution is 2.32. The Balaban J connectivity index is 1.53. The molecule has 2 aromatic heterocycles. The Morgan fingerprint density at radius 3 is 2.79 bits per heavy atom. The minimum absolute atomic E-state index is 0.193. The van der Waals surface area contributed by atoms with Crippen molar-refractivity contribution in [2.75, 3.05) is 6.79 Å². The molecular formula is C20H19N3O5. The summed E-state index contributed by atoms with van der Waals surface area (Å²) in [5, 5.41) is 7.17. The number of hydrogen-bond donors (Lipinski definition) is 1. The molecule has 1 aliphatic rings. The lowest BCUT2D eigenvalue weighted by atomic mass is 10.0. The van der Waals surface area contributed by atoms with E-state index < -0.39 is 5.54 Å². The zero-order valence-corrected chi connectivity index (χ0v) is 15.5. The topological polar surface area (TPSA) is 95.6 Å². The monoisotopic (exact) mass is 381 g/mol. The molecule has 0 saturated heterocycles. The number of nitrogens with zero attached hydrogens (tertiary/aromatic N) is 2. The minimum Gasteiger partial charge on any atom is -0.463 e. The van der Waals surface area contributed by atoms with Crippen LogP contribution in [0.2, 0.25) is 0 Å². The molecular weight excluding hydrogens is 362 g/mol. The van der Waals surface area contributed by atoms with Gasteiger partial charge in [-0.15, -0.1) is 0 Å². The van der Waals surface area contributed by atoms with Crippen molar-refractivity contribution in [3.8, 4) is 23.0 Å². The molecule has 0 atom stereocenters. The fraction of sp³-hybridized carbons (Fsp3) is 0.250. The van der Waals surface area contributed by atoms with Crippen LogP contribution < -0.4 is 20.3 Å². The predicted molar refractivity (Wildman–Crippen MR) is 99.9 cm³/mol. The Morgan fingerprint density at radius 1 is 1.18 bits per heavy atom. The molecule has 1 aliphatic heterocycles. The van der Waals surface area contributed by atoms with Crippen molar-refractivity contribution >= 4 is 5.91 Å². The van der Waals surface area contributed by atoms with Crippen molar-refractivity contribution in [1.82, 2.24) is 15.1 Å². The van der Waals surface area contributed by atoms with Gasteiger partial charge in [0.2, 0.25) is 12.7 Å². The van der Waals surface area contributed by atoms with Gasteiger partial charge >= 0.3 is 0 Å². The largest absolute Gasteiger partial charge is 0.463 e. The molecule has 8 nitrogen and oxygen atoms in total. The molecule has 144 valence electrons. The molecule has 3 heterocycles. The average molecular weight is 381 g/mol. The van der Waals surface area contributed by atoms with Crippen molar-refractivity contribution in [2.24, 2.45) is 0 Å². The third-order valence-electron chi connectivity index (χ3n) is 4.55. The summed E-state index contributed by atoms with van der Waals surface area (Å²) in [6.45, 7) is 3.76. The fourth-order valence-electron chi connectivity index (χ4n) is 2.91. The van der Waals surface area contributed by atoms with E-state index in [-0.39, 0.29) is 24.8 Å². The van der Waals surface area contributed by atoms with Crippen LogP contribution in [0.15, 0.2) is 57.9 Å². The second-order valence-electron chi connectivity index (χ2n) is 6.88. The van der Waals surface area contributed by atoms with Gasteiger partial charge in [0, 0.05) is 12.6 Å². The Labute approximate surface area is 160 Å². The summed E-state index contributed by atoms with van der Waals surface area (Å²) in [5.41, 5.74) is -0.242. The molecule has 1 N–H and O–H groups in total. The highest BCUT2D eigenvalue weighted by molar-refractivity contribution is 5.83. The lowest BCUT2D eigenvalue weighted by Crippen LogP contribution is -2.49. The number of hydrogen-bond acceptors (Lipinski definition) is 6. The lowest BCUT2D eigenvalue weighted by Gasteiger charge is -2.25. The number of carbonyl (C=O) groups excluding carboxylic acids is 1. The van der Waals surface area contributed by atoms with Crippen LogP contribution in [0.4, 0.5) is 0 Å². The van der Waals surface area contributed by atoms with Gasteiger partial charge in [-0.1, -0.05) is 6.07 Å². The van der Waals surface area contributed by atoms with Gasteiger partial charge in [0.05, 0.1) is 6.26 Å². The molecule has 0 fully saturated rings. The molecule has 0 aliphatic carbocycles. The minimum atomic E-state index is -1.20. The smallest absolute Gasteiger partial charge is 0.267 e. The van der Waals surface area contributed by atoms with Crippen LogP contribution >= 0.6 is 0 Å². The zero-order chi connectivity index (χ0) is 19.7. The number of ether oxygens (including phenoxy) is 2. The highest BCUT2D eigenvalue weighted by atomic mass is 16.7. The van der Waals surface area contributed by atoms with Crippen LogP contribution in [-0.4, -0.2) is 22.5 Å². The van der Waals surface area contributed by atoms with Crippen molar-refractivity contribution in [3.63, 3.8) is 0 Å². The maximum Gasteiger partial charge on any atom is 0.267 e. The summed E-state index contributed by atoms with van der Waals surface area (Å²) in [4.78, 5) is 25.2. The van der Waals surface area contributed by atoms with Gasteiger partial charge in [0.15, 0.2) is 17.3 Å². The number of nitrogens with one attached hydrogen (secondary N) is 1. The summed E-state index contributed by atoms with van der Waals surface area (Å²) in [7, 11) is 0. The van der Waals surface area contributed by atoms with Crippen LogP contribution in [0.25, 0.3) is 11.5 Å². The van der Waals surface area contributed by atoms with E-state index in [0.29, 0.717) is 23.0 Å². The molecule has 1 amide bonds. The van der Waals surface area contributed by atoms with Crippen LogP contribution in [0.5, 0.6) is 11.5 Å². The summed E-state index contributed by atoms with van der Waals surface area (Å²) < 4.78 is 17.1. The van der Waals surface area contributed by atoms with Gasteiger partial charge in [-0.3, -0.25) is 9.59 Å². The summed E-state index contributed by atoms with van der Waals surface area (Å²) in [5.74, 6) is 1.51. The average Bonchev–Trinajstić information content (AvgIpc) is 3.37. The highest BCUT2D eigenvalue weighted by Gasteiger charge is 2.32. The van der Waals surface area contributed by atoms with Crippen LogP contribution in [-0.2, 0) is 16.9 Å².